The van der Waals surface area contributed by atoms with Crippen molar-refractivity contribution in [2.75, 3.05) is 12.4 Å². The fourth-order valence-electron chi connectivity index (χ4n) is 3.58. The Balaban J connectivity index is 1.50. The van der Waals surface area contributed by atoms with E-state index in [0.29, 0.717) is 12.5 Å². The minimum atomic E-state index is 0.443. The van der Waals surface area contributed by atoms with E-state index >= 15 is 0 Å². The van der Waals surface area contributed by atoms with Gasteiger partial charge in [-0.25, -0.2) is 0 Å². The van der Waals surface area contributed by atoms with E-state index in [4.69, 9.17) is 4.74 Å². The molecule has 0 saturated heterocycles. The van der Waals surface area contributed by atoms with Crippen molar-refractivity contribution in [2.45, 2.75) is 45.3 Å². The second kappa shape index (κ2) is 7.87. The Kier molecular flexibility index (Phi) is 5.31. The number of thioether (sulfide) groups is 1. The molecule has 0 aliphatic heterocycles. The van der Waals surface area contributed by atoms with E-state index in [1.54, 1.807) is 11.8 Å². The highest BCUT2D eigenvalue weighted by Crippen LogP contribution is 2.29. The Morgan fingerprint density at radius 1 is 1.07 bits per heavy atom. The molecule has 6 heteroatoms. The summed E-state index contributed by atoms with van der Waals surface area (Å²) in [7, 11) is 0. The Morgan fingerprint density at radius 2 is 1.86 bits per heavy atom. The molecule has 5 nitrogen and oxygen atoms in total. The monoisotopic (exact) mass is 394 g/mol. The number of fused-ring (bicyclic) bond motifs is 3. The molecular formula is C22H26N4OS. The minimum absolute atomic E-state index is 0.443. The molecule has 146 valence electrons. The Hall–Kier alpha value is -2.47. The number of nitrogens with zero attached hydrogens (tertiary/aromatic N) is 4. The van der Waals surface area contributed by atoms with Crippen molar-refractivity contribution in [1.82, 2.24) is 19.2 Å². The van der Waals surface area contributed by atoms with Gasteiger partial charge in [-0.2, -0.15) is 0 Å². The third kappa shape index (κ3) is 3.37. The molecule has 0 aliphatic rings. The van der Waals surface area contributed by atoms with Crippen LogP contribution in [-0.2, 0) is 6.54 Å². The lowest BCUT2D eigenvalue weighted by Gasteiger charge is -2.14. The van der Waals surface area contributed by atoms with Gasteiger partial charge in [0.1, 0.15) is 5.75 Å². The first-order valence-electron chi connectivity index (χ1n) is 9.78. The Labute approximate surface area is 169 Å². The minimum Gasteiger partial charge on any atom is -0.492 e. The summed E-state index contributed by atoms with van der Waals surface area (Å²) < 4.78 is 10.4. The molecule has 0 N–H and O–H groups in total. The number of para-hydroxylation sites is 2. The molecule has 0 unspecified atom stereocenters. The summed E-state index contributed by atoms with van der Waals surface area (Å²) in [5, 5.41) is 9.75. The molecule has 2 aromatic carbocycles. The van der Waals surface area contributed by atoms with Crippen molar-refractivity contribution >= 4 is 28.6 Å². The summed E-state index contributed by atoms with van der Waals surface area (Å²) in [6.07, 6.45) is 0. The average Bonchev–Trinajstić information content (AvgIpc) is 3.24. The lowest BCUT2D eigenvalue weighted by atomic mass is 10.00. The molecule has 2 heterocycles. The van der Waals surface area contributed by atoms with E-state index in [0.717, 1.165) is 34.5 Å². The molecule has 0 bridgehead atoms. The summed E-state index contributed by atoms with van der Waals surface area (Å²) in [6, 6.07) is 14.8. The summed E-state index contributed by atoms with van der Waals surface area (Å²) in [6.45, 7) is 10.2. The van der Waals surface area contributed by atoms with Crippen molar-refractivity contribution in [3.8, 4) is 5.75 Å². The predicted octanol–water partition coefficient (Wildman–Crippen LogP) is 5.31. The van der Waals surface area contributed by atoms with Gasteiger partial charge in [-0.1, -0.05) is 55.4 Å². The van der Waals surface area contributed by atoms with E-state index in [2.05, 4.69) is 89.3 Å². The first-order chi connectivity index (χ1) is 13.6. The summed E-state index contributed by atoms with van der Waals surface area (Å²) >= 11 is 1.68. The molecular weight excluding hydrogens is 368 g/mol. The van der Waals surface area contributed by atoms with Gasteiger partial charge in [-0.3, -0.25) is 4.40 Å². The number of aryl methyl sites for hydroxylation is 2. The van der Waals surface area contributed by atoms with Crippen LogP contribution in [0.2, 0.25) is 0 Å². The van der Waals surface area contributed by atoms with E-state index in [-0.39, 0.29) is 0 Å². The number of aromatic nitrogens is 4. The second-order valence-corrected chi connectivity index (χ2v) is 8.31. The van der Waals surface area contributed by atoms with Gasteiger partial charge in [-0.15, -0.1) is 10.2 Å². The Morgan fingerprint density at radius 3 is 2.61 bits per heavy atom. The van der Waals surface area contributed by atoms with Gasteiger partial charge in [0.05, 0.1) is 17.6 Å². The molecule has 2 aromatic heterocycles. The van der Waals surface area contributed by atoms with Gasteiger partial charge in [0.2, 0.25) is 5.78 Å². The number of hydrogen-bond donors (Lipinski definition) is 0. The molecule has 0 spiro atoms. The summed E-state index contributed by atoms with van der Waals surface area (Å²) in [5.74, 6) is 3.14. The zero-order valence-electron chi connectivity index (χ0n) is 16.8. The molecule has 4 rings (SSSR count). The maximum Gasteiger partial charge on any atom is 0.237 e. The van der Waals surface area contributed by atoms with Crippen LogP contribution in [0, 0.1) is 6.92 Å². The van der Waals surface area contributed by atoms with E-state index in [9.17, 15) is 0 Å². The van der Waals surface area contributed by atoms with Gasteiger partial charge < -0.3 is 9.30 Å². The Bertz CT molecular complexity index is 1110. The predicted molar refractivity (Wildman–Crippen MR) is 116 cm³/mol. The third-order valence-corrected chi connectivity index (χ3v) is 5.84. The van der Waals surface area contributed by atoms with Crippen LogP contribution in [0.1, 0.15) is 37.8 Å². The number of ether oxygens (including phenoxy) is 1. The SMILES string of the molecule is CCn1c2ccccc2n2c(SCCOc3ccc(C)cc3C(C)C)nnc12. The second-order valence-electron chi connectivity index (χ2n) is 7.24. The van der Waals surface area contributed by atoms with Crippen LogP contribution in [0.5, 0.6) is 5.75 Å². The van der Waals surface area contributed by atoms with Crippen molar-refractivity contribution in [3.63, 3.8) is 0 Å². The standard InChI is InChI=1S/C22H26N4OS/c1-5-25-18-8-6-7-9-19(18)26-21(25)23-24-22(26)28-13-12-27-20-11-10-16(4)14-17(20)15(2)3/h6-11,14-15H,5,12-13H2,1-4H3. The zero-order valence-corrected chi connectivity index (χ0v) is 17.7. The molecule has 0 radical (unpaired) electrons. The topological polar surface area (TPSA) is 44.4 Å². The molecule has 4 aromatic rings. The van der Waals surface area contributed by atoms with Crippen LogP contribution in [0.25, 0.3) is 16.8 Å². The number of benzene rings is 2. The molecule has 0 atom stereocenters. The quantitative estimate of drug-likeness (QED) is 0.315. The van der Waals surface area contributed by atoms with Crippen molar-refractivity contribution in [3.05, 3.63) is 53.6 Å². The smallest absolute Gasteiger partial charge is 0.237 e. The van der Waals surface area contributed by atoms with Gasteiger partial charge >= 0.3 is 0 Å². The van der Waals surface area contributed by atoms with Gasteiger partial charge in [0.15, 0.2) is 5.16 Å². The maximum atomic E-state index is 6.09. The van der Waals surface area contributed by atoms with Crippen LogP contribution in [0.15, 0.2) is 47.6 Å². The summed E-state index contributed by atoms with van der Waals surface area (Å²) in [4.78, 5) is 0. The highest BCUT2D eigenvalue weighted by atomic mass is 32.2. The first-order valence-corrected chi connectivity index (χ1v) is 10.8. The highest BCUT2D eigenvalue weighted by Gasteiger charge is 2.16. The fourth-order valence-corrected chi connectivity index (χ4v) is 4.33. The van der Waals surface area contributed by atoms with Crippen LogP contribution in [0.3, 0.4) is 0 Å². The van der Waals surface area contributed by atoms with Crippen molar-refractivity contribution in [1.29, 1.82) is 0 Å². The number of rotatable bonds is 7. The van der Waals surface area contributed by atoms with Gasteiger partial charge in [0.25, 0.3) is 0 Å². The lowest BCUT2D eigenvalue weighted by molar-refractivity contribution is 0.338. The molecule has 0 aliphatic carbocycles. The van der Waals surface area contributed by atoms with E-state index in [1.165, 1.54) is 16.6 Å². The van der Waals surface area contributed by atoms with Gasteiger partial charge in [-0.05, 0) is 43.5 Å². The highest BCUT2D eigenvalue weighted by molar-refractivity contribution is 7.99. The normalized spacial score (nSPS) is 11.8. The molecule has 0 amide bonds. The van der Waals surface area contributed by atoms with Gasteiger partial charge in [0, 0.05) is 12.3 Å². The van der Waals surface area contributed by atoms with Crippen molar-refractivity contribution in [2.24, 2.45) is 0 Å². The van der Waals surface area contributed by atoms with Crippen LogP contribution in [0.4, 0.5) is 0 Å². The maximum absolute atomic E-state index is 6.09. The lowest BCUT2D eigenvalue weighted by Crippen LogP contribution is -2.04. The number of hydrogen-bond acceptors (Lipinski definition) is 4. The van der Waals surface area contributed by atoms with Crippen LogP contribution in [-0.4, -0.2) is 31.5 Å². The van der Waals surface area contributed by atoms with Crippen molar-refractivity contribution < 1.29 is 4.74 Å². The van der Waals surface area contributed by atoms with Crippen LogP contribution < -0.4 is 4.74 Å². The van der Waals surface area contributed by atoms with E-state index in [1.807, 2.05) is 0 Å². The van der Waals surface area contributed by atoms with Crippen LogP contribution >= 0.6 is 11.8 Å². The average molecular weight is 395 g/mol. The largest absolute Gasteiger partial charge is 0.492 e. The fraction of sp³-hybridized carbons (Fsp3) is 0.364. The zero-order chi connectivity index (χ0) is 19.7. The van der Waals surface area contributed by atoms with E-state index < -0.39 is 0 Å². The molecule has 28 heavy (non-hydrogen) atoms. The number of imidazole rings is 1. The summed E-state index contributed by atoms with van der Waals surface area (Å²) in [5.41, 5.74) is 4.87. The molecule has 0 saturated carbocycles. The first kappa shape index (κ1) is 18.9. The molecule has 0 fully saturated rings. The third-order valence-electron chi connectivity index (χ3n) is 4.95.